The molecule has 0 radical (unpaired) electrons. The quantitative estimate of drug-likeness (QED) is 0.511. The van der Waals surface area contributed by atoms with Crippen LogP contribution in [0.4, 0.5) is 0 Å². The molecular formula is C9H20N4O2S. The molecule has 7 heteroatoms. The maximum Gasteiger partial charge on any atom is 0.281 e. The maximum atomic E-state index is 12.1. The Morgan fingerprint density at radius 2 is 2.00 bits per heavy atom. The summed E-state index contributed by atoms with van der Waals surface area (Å²) in [5.74, 6) is 0.0232. The molecule has 1 rings (SSSR count). The largest absolute Gasteiger partial charge is 0.388 e. The van der Waals surface area contributed by atoms with Crippen LogP contribution in [-0.4, -0.2) is 49.0 Å². The molecule has 3 N–H and O–H groups in total. The molecule has 0 aromatic heterocycles. The van der Waals surface area contributed by atoms with E-state index >= 15 is 0 Å². The number of hydrogen-bond donors (Lipinski definition) is 2. The lowest BCUT2D eigenvalue weighted by Crippen LogP contribution is -2.43. The van der Waals surface area contributed by atoms with Crippen LogP contribution in [0.3, 0.4) is 0 Å². The first kappa shape index (κ1) is 13.4. The van der Waals surface area contributed by atoms with E-state index in [1.807, 2.05) is 0 Å². The number of nitrogens with one attached hydrogen (secondary N) is 1. The van der Waals surface area contributed by atoms with Gasteiger partial charge >= 0.3 is 0 Å². The summed E-state index contributed by atoms with van der Waals surface area (Å²) in [6.45, 7) is 3.74. The lowest BCUT2D eigenvalue weighted by Gasteiger charge is -2.25. The molecule has 0 amide bonds. The summed E-state index contributed by atoms with van der Waals surface area (Å²) in [7, 11) is -3.33. The number of hydrogen-bond acceptors (Lipinski definition) is 3. The average Bonchev–Trinajstić information content (AvgIpc) is 2.70. The Morgan fingerprint density at radius 1 is 1.44 bits per heavy atom. The standard InChI is InChI=1S/C9H20N4O2S/c1-2-12(8-5-9(10)11)16(14,15)13-6-3-4-7-13/h2-8H2,1H3,(H3,10,11). The van der Waals surface area contributed by atoms with Crippen LogP contribution in [0.1, 0.15) is 26.2 Å². The SMILES string of the molecule is CCN(CCC(=N)N)S(=O)(=O)N1CCCC1. The molecular weight excluding hydrogens is 228 g/mol. The van der Waals surface area contributed by atoms with E-state index < -0.39 is 10.2 Å². The molecule has 1 aliphatic rings. The minimum absolute atomic E-state index is 0.0232. The van der Waals surface area contributed by atoms with E-state index in [0.717, 1.165) is 12.8 Å². The molecule has 0 aliphatic carbocycles. The summed E-state index contributed by atoms with van der Waals surface area (Å²) in [6.07, 6.45) is 2.16. The Bertz CT molecular complexity index is 335. The van der Waals surface area contributed by atoms with Crippen molar-refractivity contribution in [3.8, 4) is 0 Å². The minimum Gasteiger partial charge on any atom is -0.388 e. The van der Waals surface area contributed by atoms with Gasteiger partial charge in [0.1, 0.15) is 0 Å². The van der Waals surface area contributed by atoms with Crippen LogP contribution in [0, 0.1) is 5.41 Å². The number of amidine groups is 1. The number of nitrogens with two attached hydrogens (primary N) is 1. The van der Waals surface area contributed by atoms with E-state index in [9.17, 15) is 8.42 Å². The van der Waals surface area contributed by atoms with Gasteiger partial charge in [-0.3, -0.25) is 5.41 Å². The normalized spacial score (nSPS) is 18.1. The van der Waals surface area contributed by atoms with Gasteiger partial charge in [-0.2, -0.15) is 17.0 Å². The molecule has 0 bridgehead atoms. The van der Waals surface area contributed by atoms with Crippen molar-refractivity contribution < 1.29 is 8.42 Å². The predicted molar refractivity (Wildman–Crippen MR) is 63.5 cm³/mol. The third-order valence-electron chi connectivity index (χ3n) is 2.70. The second kappa shape index (κ2) is 5.60. The predicted octanol–water partition coefficient (Wildman–Crippen LogP) is -0.0250. The minimum atomic E-state index is -3.33. The highest BCUT2D eigenvalue weighted by Crippen LogP contribution is 2.16. The van der Waals surface area contributed by atoms with E-state index in [-0.39, 0.29) is 5.84 Å². The summed E-state index contributed by atoms with van der Waals surface area (Å²) in [5, 5.41) is 7.12. The van der Waals surface area contributed by atoms with Crippen LogP contribution >= 0.6 is 0 Å². The summed E-state index contributed by atoms with van der Waals surface area (Å²) in [5.41, 5.74) is 5.24. The molecule has 0 spiro atoms. The van der Waals surface area contributed by atoms with Gasteiger partial charge in [-0.05, 0) is 12.8 Å². The first-order valence-electron chi connectivity index (χ1n) is 5.56. The van der Waals surface area contributed by atoms with E-state index in [4.69, 9.17) is 11.1 Å². The smallest absolute Gasteiger partial charge is 0.281 e. The van der Waals surface area contributed by atoms with Crippen LogP contribution in [0.15, 0.2) is 0 Å². The highest BCUT2D eigenvalue weighted by atomic mass is 32.2. The van der Waals surface area contributed by atoms with E-state index in [0.29, 0.717) is 32.6 Å². The van der Waals surface area contributed by atoms with Crippen LogP contribution < -0.4 is 5.73 Å². The lowest BCUT2D eigenvalue weighted by molar-refractivity contribution is 0.375. The maximum absolute atomic E-state index is 12.1. The van der Waals surface area contributed by atoms with Crippen molar-refractivity contribution in [2.24, 2.45) is 5.73 Å². The molecule has 0 atom stereocenters. The van der Waals surface area contributed by atoms with Crippen molar-refractivity contribution in [1.82, 2.24) is 8.61 Å². The van der Waals surface area contributed by atoms with E-state index in [1.165, 1.54) is 8.61 Å². The Morgan fingerprint density at radius 3 is 2.44 bits per heavy atom. The van der Waals surface area contributed by atoms with Crippen LogP contribution in [-0.2, 0) is 10.2 Å². The molecule has 0 unspecified atom stereocenters. The summed E-state index contributed by atoms with van der Waals surface area (Å²) < 4.78 is 27.1. The van der Waals surface area contributed by atoms with Crippen molar-refractivity contribution >= 4 is 16.0 Å². The van der Waals surface area contributed by atoms with Gasteiger partial charge in [0.2, 0.25) is 0 Å². The highest BCUT2D eigenvalue weighted by Gasteiger charge is 2.30. The summed E-state index contributed by atoms with van der Waals surface area (Å²) in [4.78, 5) is 0. The van der Waals surface area contributed by atoms with Crippen LogP contribution in [0.2, 0.25) is 0 Å². The fraction of sp³-hybridized carbons (Fsp3) is 0.889. The van der Waals surface area contributed by atoms with Gasteiger partial charge in [0.05, 0.1) is 5.84 Å². The van der Waals surface area contributed by atoms with Crippen molar-refractivity contribution in [3.05, 3.63) is 0 Å². The molecule has 0 aromatic rings. The Kier molecular flexibility index (Phi) is 4.69. The van der Waals surface area contributed by atoms with Gasteiger partial charge in [-0.25, -0.2) is 0 Å². The second-order valence-corrected chi connectivity index (χ2v) is 5.81. The second-order valence-electron chi connectivity index (χ2n) is 3.88. The van der Waals surface area contributed by atoms with E-state index in [2.05, 4.69) is 0 Å². The average molecular weight is 248 g/mol. The van der Waals surface area contributed by atoms with Crippen molar-refractivity contribution in [3.63, 3.8) is 0 Å². The zero-order valence-electron chi connectivity index (χ0n) is 9.65. The lowest BCUT2D eigenvalue weighted by atomic mass is 10.4. The summed E-state index contributed by atoms with van der Waals surface area (Å²) in [6, 6.07) is 0. The topological polar surface area (TPSA) is 90.5 Å². The monoisotopic (exact) mass is 248 g/mol. The third-order valence-corrected chi connectivity index (χ3v) is 4.81. The van der Waals surface area contributed by atoms with Crippen molar-refractivity contribution in [2.45, 2.75) is 26.2 Å². The van der Waals surface area contributed by atoms with Gasteiger partial charge in [0, 0.05) is 32.6 Å². The zero-order valence-corrected chi connectivity index (χ0v) is 10.5. The molecule has 1 aliphatic heterocycles. The zero-order chi connectivity index (χ0) is 12.2. The molecule has 1 saturated heterocycles. The van der Waals surface area contributed by atoms with Gasteiger partial charge in [-0.15, -0.1) is 0 Å². The molecule has 16 heavy (non-hydrogen) atoms. The molecule has 94 valence electrons. The molecule has 0 aromatic carbocycles. The number of rotatable bonds is 6. The first-order valence-corrected chi connectivity index (χ1v) is 6.96. The van der Waals surface area contributed by atoms with Gasteiger partial charge in [-0.1, -0.05) is 6.92 Å². The van der Waals surface area contributed by atoms with E-state index in [1.54, 1.807) is 6.92 Å². The fourth-order valence-corrected chi connectivity index (χ4v) is 3.46. The fourth-order valence-electron chi connectivity index (χ4n) is 1.76. The Balaban J connectivity index is 2.66. The van der Waals surface area contributed by atoms with Crippen molar-refractivity contribution in [1.29, 1.82) is 5.41 Å². The van der Waals surface area contributed by atoms with Crippen molar-refractivity contribution in [2.75, 3.05) is 26.2 Å². The summed E-state index contributed by atoms with van der Waals surface area (Å²) >= 11 is 0. The molecule has 1 heterocycles. The van der Waals surface area contributed by atoms with Gasteiger partial charge in [0.15, 0.2) is 0 Å². The Labute approximate surface area is 97.1 Å². The molecule has 0 saturated carbocycles. The van der Waals surface area contributed by atoms with Gasteiger partial charge in [0.25, 0.3) is 10.2 Å². The van der Waals surface area contributed by atoms with Gasteiger partial charge < -0.3 is 5.73 Å². The molecule has 1 fully saturated rings. The number of nitrogens with zero attached hydrogens (tertiary/aromatic N) is 2. The Hall–Kier alpha value is -0.660. The third kappa shape index (κ3) is 3.16. The highest BCUT2D eigenvalue weighted by molar-refractivity contribution is 7.86. The van der Waals surface area contributed by atoms with Crippen LogP contribution in [0.25, 0.3) is 0 Å². The first-order chi connectivity index (χ1) is 7.48. The van der Waals surface area contributed by atoms with Crippen LogP contribution in [0.5, 0.6) is 0 Å². The molecule has 6 nitrogen and oxygen atoms in total.